The minimum Gasteiger partial charge on any atom is -0.493 e. The third-order valence-corrected chi connectivity index (χ3v) is 8.78. The topological polar surface area (TPSA) is 100 Å². The summed E-state index contributed by atoms with van der Waals surface area (Å²) in [5, 5.41) is 14.0. The van der Waals surface area contributed by atoms with E-state index in [1.165, 1.54) is 24.9 Å². The number of urea groups is 1. The van der Waals surface area contributed by atoms with Gasteiger partial charge in [-0.25, -0.2) is 9.59 Å². The van der Waals surface area contributed by atoms with Crippen LogP contribution in [0.3, 0.4) is 0 Å². The number of carbonyl (C=O) groups excluding carboxylic acids is 1. The van der Waals surface area contributed by atoms with Gasteiger partial charge in [0, 0.05) is 34.8 Å². The normalized spacial score (nSPS) is 23.7. The Kier molecular flexibility index (Phi) is 9.82. The monoisotopic (exact) mass is 611 g/mol. The highest BCUT2D eigenvalue weighted by Crippen LogP contribution is 2.51. The zero-order chi connectivity index (χ0) is 30.7. The number of carboxylic acid groups (broad SMARTS) is 1. The first kappa shape index (κ1) is 31.7. The Balaban J connectivity index is 0.000000517. The van der Waals surface area contributed by atoms with Gasteiger partial charge in [-0.05, 0) is 93.3 Å². The van der Waals surface area contributed by atoms with E-state index in [4.69, 9.17) is 31.0 Å². The van der Waals surface area contributed by atoms with Crippen LogP contribution >= 0.6 is 11.6 Å². The van der Waals surface area contributed by atoms with Crippen LogP contribution in [0, 0.1) is 12.8 Å². The van der Waals surface area contributed by atoms with Crippen molar-refractivity contribution < 1.29 is 37.3 Å². The zero-order valence-electron chi connectivity index (χ0n) is 23.9. The van der Waals surface area contributed by atoms with E-state index in [9.17, 15) is 18.0 Å². The Hall–Kier alpha value is -3.18. The lowest BCUT2D eigenvalue weighted by molar-refractivity contribution is -0.192. The van der Waals surface area contributed by atoms with Gasteiger partial charge < -0.3 is 25.2 Å². The first-order valence-electron chi connectivity index (χ1n) is 14.0. The lowest BCUT2D eigenvalue weighted by atomic mass is 9.65. The number of carboxylic acids is 1. The number of nitrogens with zero attached hydrogens (tertiary/aromatic N) is 1. The van der Waals surface area contributed by atoms with Gasteiger partial charge in [0.15, 0.2) is 11.5 Å². The molecule has 1 aliphatic heterocycles. The van der Waals surface area contributed by atoms with Gasteiger partial charge >= 0.3 is 18.2 Å². The van der Waals surface area contributed by atoms with E-state index in [-0.39, 0.29) is 17.5 Å². The third kappa shape index (κ3) is 7.42. The molecule has 5 rings (SSSR count). The van der Waals surface area contributed by atoms with Crippen molar-refractivity contribution in [2.75, 3.05) is 32.6 Å². The van der Waals surface area contributed by atoms with E-state index in [1.807, 2.05) is 25.1 Å². The smallest absolute Gasteiger partial charge is 0.490 e. The maximum absolute atomic E-state index is 12.9. The molecule has 3 atom stereocenters. The van der Waals surface area contributed by atoms with Crippen LogP contribution in [0.15, 0.2) is 36.4 Å². The fourth-order valence-corrected chi connectivity index (χ4v) is 6.35. The number of halogens is 4. The van der Waals surface area contributed by atoms with Crippen LogP contribution in [-0.2, 0) is 10.2 Å². The van der Waals surface area contributed by atoms with Gasteiger partial charge in [-0.3, -0.25) is 4.90 Å². The van der Waals surface area contributed by atoms with Crippen LogP contribution in [0.1, 0.15) is 49.7 Å². The van der Waals surface area contributed by atoms with Crippen molar-refractivity contribution in [1.29, 1.82) is 0 Å². The molecule has 0 spiro atoms. The quantitative estimate of drug-likeness (QED) is 0.335. The Labute approximate surface area is 248 Å². The molecule has 8 nitrogen and oxygen atoms in total. The molecular weight excluding hydrogens is 575 g/mol. The fraction of sp³-hybridized carbons (Fsp3) is 0.533. The van der Waals surface area contributed by atoms with E-state index in [1.54, 1.807) is 20.3 Å². The number of ether oxygens (including phenoxy) is 2. The Morgan fingerprint density at radius 1 is 1.07 bits per heavy atom. The zero-order valence-corrected chi connectivity index (χ0v) is 24.6. The van der Waals surface area contributed by atoms with Crippen LogP contribution in [0.5, 0.6) is 11.5 Å². The number of carbonyl (C=O) groups is 2. The van der Waals surface area contributed by atoms with Crippen LogP contribution in [-0.4, -0.2) is 67.6 Å². The molecule has 2 amide bonds. The van der Waals surface area contributed by atoms with Crippen molar-refractivity contribution in [3.8, 4) is 11.5 Å². The summed E-state index contributed by atoms with van der Waals surface area (Å²) in [4.78, 5) is 24.5. The number of hydrogen-bond donors (Lipinski definition) is 3. The predicted molar refractivity (Wildman–Crippen MR) is 154 cm³/mol. The molecule has 2 aliphatic carbocycles. The summed E-state index contributed by atoms with van der Waals surface area (Å²) in [5.74, 6) is -0.373. The molecule has 3 fully saturated rings. The summed E-state index contributed by atoms with van der Waals surface area (Å²) in [5.41, 5.74) is 3.15. The number of fused-ring (bicyclic) bond motifs is 1. The Bertz CT molecular complexity index is 1290. The van der Waals surface area contributed by atoms with Gasteiger partial charge in [-0.1, -0.05) is 23.7 Å². The third-order valence-electron chi connectivity index (χ3n) is 8.54. The maximum atomic E-state index is 12.9. The van der Waals surface area contributed by atoms with Gasteiger partial charge in [-0.15, -0.1) is 0 Å². The summed E-state index contributed by atoms with van der Waals surface area (Å²) < 4.78 is 42.9. The van der Waals surface area contributed by atoms with E-state index in [0.717, 1.165) is 60.9 Å². The second kappa shape index (κ2) is 13.0. The highest BCUT2D eigenvalue weighted by molar-refractivity contribution is 6.31. The van der Waals surface area contributed by atoms with Crippen LogP contribution in [0.25, 0.3) is 0 Å². The minimum atomic E-state index is -5.08. The number of nitrogens with one attached hydrogen (secondary N) is 2. The van der Waals surface area contributed by atoms with Crippen molar-refractivity contribution in [3.05, 3.63) is 52.5 Å². The second-order valence-corrected chi connectivity index (χ2v) is 11.7. The standard InChI is InChI=1S/C28H36ClN3O3.C2HF3O2/c1-18-4-8-21(29)15-23(18)31-27(33)30-22-10-11-28(20-7-9-24(34-2)25(14-20)35-3)12-13-32(26(28)16-22)17-19-5-6-19;3-2(4,5)1(6)7/h4,7-9,14-15,19,22,26H,5-6,10-13,16-17H2,1-3H3,(H2,30,31,33);(H,6,7)/t22-,26+,28+;/m1./s1. The molecule has 230 valence electrons. The molecule has 2 aromatic rings. The first-order valence-corrected chi connectivity index (χ1v) is 14.3. The number of methoxy groups -OCH3 is 2. The highest BCUT2D eigenvalue weighted by Gasteiger charge is 2.52. The van der Waals surface area contributed by atoms with Crippen molar-refractivity contribution in [3.63, 3.8) is 0 Å². The predicted octanol–water partition coefficient (Wildman–Crippen LogP) is 6.40. The van der Waals surface area contributed by atoms with Gasteiger partial charge in [0.25, 0.3) is 0 Å². The van der Waals surface area contributed by atoms with Crippen LogP contribution in [0.2, 0.25) is 5.02 Å². The van der Waals surface area contributed by atoms with Crippen molar-refractivity contribution in [2.45, 2.75) is 69.1 Å². The average Bonchev–Trinajstić information content (AvgIpc) is 3.70. The van der Waals surface area contributed by atoms with Crippen molar-refractivity contribution in [2.24, 2.45) is 5.92 Å². The number of amides is 2. The van der Waals surface area contributed by atoms with E-state index in [0.29, 0.717) is 11.1 Å². The molecule has 0 bridgehead atoms. The molecule has 3 aliphatic rings. The molecule has 1 heterocycles. The average molecular weight is 612 g/mol. The van der Waals surface area contributed by atoms with E-state index in [2.05, 4.69) is 27.7 Å². The summed E-state index contributed by atoms with van der Waals surface area (Å²) in [6.07, 6.45) is 1.67. The SMILES string of the molecule is COc1ccc([C@@]23CC[C@@H](NC(=O)Nc4cc(Cl)ccc4C)C[C@@H]2N(CC2CC2)CC3)cc1OC.O=C(O)C(F)(F)F. The number of aryl methyl sites for hydroxylation is 1. The lowest BCUT2D eigenvalue weighted by Crippen LogP contribution is -2.53. The molecule has 42 heavy (non-hydrogen) atoms. The van der Waals surface area contributed by atoms with Gasteiger partial charge in [0.2, 0.25) is 0 Å². The number of hydrogen-bond acceptors (Lipinski definition) is 5. The highest BCUT2D eigenvalue weighted by atomic mass is 35.5. The minimum absolute atomic E-state index is 0.0760. The molecule has 0 unspecified atom stereocenters. The number of alkyl halides is 3. The largest absolute Gasteiger partial charge is 0.493 e. The number of rotatable bonds is 7. The molecule has 1 saturated heterocycles. The molecule has 2 saturated carbocycles. The number of likely N-dealkylation sites (tertiary alicyclic amines) is 1. The second-order valence-electron chi connectivity index (χ2n) is 11.3. The molecule has 3 N–H and O–H groups in total. The van der Waals surface area contributed by atoms with Crippen LogP contribution in [0.4, 0.5) is 23.7 Å². The van der Waals surface area contributed by atoms with Crippen molar-refractivity contribution >= 4 is 29.3 Å². The van der Waals surface area contributed by atoms with E-state index >= 15 is 0 Å². The number of anilines is 1. The summed E-state index contributed by atoms with van der Waals surface area (Å²) >= 11 is 6.14. The van der Waals surface area contributed by atoms with Gasteiger partial charge in [-0.2, -0.15) is 13.2 Å². The van der Waals surface area contributed by atoms with Crippen LogP contribution < -0.4 is 20.1 Å². The van der Waals surface area contributed by atoms with Gasteiger partial charge in [0.1, 0.15) is 0 Å². The Morgan fingerprint density at radius 2 is 1.76 bits per heavy atom. The Morgan fingerprint density at radius 3 is 2.38 bits per heavy atom. The molecule has 12 heteroatoms. The van der Waals surface area contributed by atoms with E-state index < -0.39 is 12.1 Å². The molecule has 0 radical (unpaired) electrons. The maximum Gasteiger partial charge on any atom is 0.490 e. The lowest BCUT2D eigenvalue weighted by Gasteiger charge is -2.45. The summed E-state index contributed by atoms with van der Waals surface area (Å²) in [6, 6.07) is 12.4. The molecular formula is C30H37ClF3N3O5. The summed E-state index contributed by atoms with van der Waals surface area (Å²) in [6.45, 7) is 4.24. The fourth-order valence-electron chi connectivity index (χ4n) is 6.18. The number of aliphatic carboxylic acids is 1. The first-order chi connectivity index (χ1) is 19.9. The molecule has 2 aromatic carbocycles. The molecule has 0 aromatic heterocycles. The summed E-state index contributed by atoms with van der Waals surface area (Å²) in [7, 11) is 3.38. The van der Waals surface area contributed by atoms with Crippen molar-refractivity contribution in [1.82, 2.24) is 10.2 Å². The van der Waals surface area contributed by atoms with Gasteiger partial charge in [0.05, 0.1) is 14.2 Å². The number of benzene rings is 2.